The Kier molecular flexibility index (Phi) is 2.78. The van der Waals surface area contributed by atoms with Gasteiger partial charge in [-0.25, -0.2) is 0 Å². The minimum atomic E-state index is 0.767. The second-order valence-electron chi connectivity index (χ2n) is 3.50. The average Bonchev–Trinajstić information content (AvgIpc) is 2.64. The lowest BCUT2D eigenvalue weighted by atomic mass is 10.0. The van der Waals surface area contributed by atoms with Gasteiger partial charge in [0.1, 0.15) is 0 Å². The van der Waals surface area contributed by atoms with Crippen molar-refractivity contribution in [2.45, 2.75) is 13.3 Å². The van der Waals surface area contributed by atoms with E-state index in [1.54, 1.807) is 6.20 Å². The molecule has 0 aliphatic rings. The van der Waals surface area contributed by atoms with Gasteiger partial charge in [-0.2, -0.15) is 5.10 Å². The van der Waals surface area contributed by atoms with Crippen LogP contribution in [0, 0.1) is 0 Å². The number of hydrogen-bond donors (Lipinski definition) is 0. The SMILES string of the molecule is CCc1ccc(Cl)cc1-c1ccnn1C. The van der Waals surface area contributed by atoms with Crippen molar-refractivity contribution < 1.29 is 0 Å². The summed E-state index contributed by atoms with van der Waals surface area (Å²) in [7, 11) is 1.94. The maximum atomic E-state index is 6.01. The Balaban J connectivity index is 2.60. The van der Waals surface area contributed by atoms with E-state index in [9.17, 15) is 0 Å². The molecule has 0 atom stereocenters. The van der Waals surface area contributed by atoms with Crippen LogP contribution in [0.15, 0.2) is 30.5 Å². The van der Waals surface area contributed by atoms with Crippen molar-refractivity contribution in [1.29, 1.82) is 0 Å². The topological polar surface area (TPSA) is 17.8 Å². The van der Waals surface area contributed by atoms with Crippen LogP contribution in [0.2, 0.25) is 5.02 Å². The summed E-state index contributed by atoms with van der Waals surface area (Å²) in [5.74, 6) is 0. The predicted octanol–water partition coefficient (Wildman–Crippen LogP) is 3.30. The predicted molar refractivity (Wildman–Crippen MR) is 63.0 cm³/mol. The van der Waals surface area contributed by atoms with E-state index < -0.39 is 0 Å². The highest BCUT2D eigenvalue weighted by Gasteiger charge is 2.07. The van der Waals surface area contributed by atoms with Gasteiger partial charge in [-0.1, -0.05) is 24.6 Å². The normalized spacial score (nSPS) is 10.6. The highest BCUT2D eigenvalue weighted by molar-refractivity contribution is 6.30. The number of aromatic nitrogens is 2. The first kappa shape index (κ1) is 10.2. The Hall–Kier alpha value is -1.28. The zero-order valence-corrected chi connectivity index (χ0v) is 9.62. The molecule has 0 aliphatic carbocycles. The van der Waals surface area contributed by atoms with E-state index in [4.69, 9.17) is 11.6 Å². The van der Waals surface area contributed by atoms with E-state index in [1.807, 2.05) is 29.9 Å². The van der Waals surface area contributed by atoms with Crippen molar-refractivity contribution in [3.63, 3.8) is 0 Å². The maximum Gasteiger partial charge on any atom is 0.0682 e. The molecule has 0 N–H and O–H groups in total. The molecule has 1 aromatic heterocycles. The van der Waals surface area contributed by atoms with Crippen LogP contribution in [-0.2, 0) is 13.5 Å². The third-order valence-electron chi connectivity index (χ3n) is 2.55. The van der Waals surface area contributed by atoms with Crippen molar-refractivity contribution >= 4 is 11.6 Å². The van der Waals surface area contributed by atoms with Gasteiger partial charge in [0.15, 0.2) is 0 Å². The van der Waals surface area contributed by atoms with E-state index >= 15 is 0 Å². The Morgan fingerprint density at radius 2 is 2.13 bits per heavy atom. The van der Waals surface area contributed by atoms with Crippen LogP contribution in [0.5, 0.6) is 0 Å². The monoisotopic (exact) mass is 220 g/mol. The number of hydrogen-bond acceptors (Lipinski definition) is 1. The Bertz CT molecular complexity index is 474. The molecule has 1 heterocycles. The molecular weight excluding hydrogens is 208 g/mol. The third-order valence-corrected chi connectivity index (χ3v) is 2.78. The molecule has 0 radical (unpaired) electrons. The van der Waals surface area contributed by atoms with Crippen LogP contribution in [0.25, 0.3) is 11.3 Å². The lowest BCUT2D eigenvalue weighted by molar-refractivity contribution is 0.775. The molecule has 2 rings (SSSR count). The van der Waals surface area contributed by atoms with Gasteiger partial charge in [-0.15, -0.1) is 0 Å². The first-order valence-electron chi connectivity index (χ1n) is 4.99. The van der Waals surface area contributed by atoms with Crippen molar-refractivity contribution in [3.05, 3.63) is 41.0 Å². The number of aryl methyl sites for hydroxylation is 2. The third kappa shape index (κ3) is 1.90. The molecule has 0 amide bonds. The standard InChI is InChI=1S/C12H13ClN2/c1-3-9-4-5-10(13)8-11(9)12-6-7-14-15(12)2/h4-8H,3H2,1-2H3. The fraction of sp³-hybridized carbons (Fsp3) is 0.250. The van der Waals surface area contributed by atoms with Gasteiger partial charge in [0.2, 0.25) is 0 Å². The van der Waals surface area contributed by atoms with Crippen molar-refractivity contribution in [2.75, 3.05) is 0 Å². The zero-order valence-electron chi connectivity index (χ0n) is 8.87. The van der Waals surface area contributed by atoms with E-state index in [-0.39, 0.29) is 0 Å². The molecule has 0 unspecified atom stereocenters. The molecule has 78 valence electrons. The van der Waals surface area contributed by atoms with Gasteiger partial charge >= 0.3 is 0 Å². The van der Waals surface area contributed by atoms with Crippen molar-refractivity contribution in [3.8, 4) is 11.3 Å². The highest BCUT2D eigenvalue weighted by atomic mass is 35.5. The number of halogens is 1. The van der Waals surface area contributed by atoms with E-state index in [0.29, 0.717) is 0 Å². The minimum absolute atomic E-state index is 0.767. The first-order chi connectivity index (χ1) is 7.22. The van der Waals surface area contributed by atoms with Gasteiger partial charge in [0.25, 0.3) is 0 Å². The van der Waals surface area contributed by atoms with E-state index in [2.05, 4.69) is 18.1 Å². The number of nitrogens with zero attached hydrogens (tertiary/aromatic N) is 2. The molecule has 0 bridgehead atoms. The quantitative estimate of drug-likeness (QED) is 0.760. The van der Waals surface area contributed by atoms with Crippen LogP contribution in [-0.4, -0.2) is 9.78 Å². The second-order valence-corrected chi connectivity index (χ2v) is 3.93. The van der Waals surface area contributed by atoms with E-state index in [1.165, 1.54) is 11.1 Å². The molecule has 1 aromatic carbocycles. The van der Waals surface area contributed by atoms with Crippen molar-refractivity contribution in [2.24, 2.45) is 7.05 Å². The summed E-state index contributed by atoms with van der Waals surface area (Å²) in [5, 5.41) is 4.94. The average molecular weight is 221 g/mol. The second kappa shape index (κ2) is 4.07. The largest absolute Gasteiger partial charge is 0.268 e. The van der Waals surface area contributed by atoms with Crippen molar-refractivity contribution in [1.82, 2.24) is 9.78 Å². The lowest BCUT2D eigenvalue weighted by Crippen LogP contribution is -1.96. The molecule has 0 spiro atoms. The van der Waals surface area contributed by atoms with Crippen LogP contribution >= 0.6 is 11.6 Å². The van der Waals surface area contributed by atoms with Crippen LogP contribution in [0.4, 0.5) is 0 Å². The molecule has 15 heavy (non-hydrogen) atoms. The summed E-state index contributed by atoms with van der Waals surface area (Å²) in [6, 6.07) is 8.01. The molecule has 0 aliphatic heterocycles. The van der Waals surface area contributed by atoms with Crippen LogP contribution in [0.3, 0.4) is 0 Å². The number of benzene rings is 1. The van der Waals surface area contributed by atoms with Gasteiger partial charge in [0.05, 0.1) is 5.69 Å². The molecule has 0 fully saturated rings. The highest BCUT2D eigenvalue weighted by Crippen LogP contribution is 2.26. The summed E-state index contributed by atoms with van der Waals surface area (Å²) in [4.78, 5) is 0. The van der Waals surface area contributed by atoms with Gasteiger partial charge in [0, 0.05) is 23.8 Å². The summed E-state index contributed by atoms with van der Waals surface area (Å²) < 4.78 is 1.87. The van der Waals surface area contributed by atoms with E-state index in [0.717, 1.165) is 17.1 Å². The molecule has 0 saturated heterocycles. The summed E-state index contributed by atoms with van der Waals surface area (Å²) in [5.41, 5.74) is 3.57. The summed E-state index contributed by atoms with van der Waals surface area (Å²) in [6.45, 7) is 2.14. The maximum absolute atomic E-state index is 6.01. The van der Waals surface area contributed by atoms with Crippen LogP contribution in [0.1, 0.15) is 12.5 Å². The fourth-order valence-corrected chi connectivity index (χ4v) is 1.91. The fourth-order valence-electron chi connectivity index (χ4n) is 1.73. The Morgan fingerprint density at radius 3 is 2.73 bits per heavy atom. The number of rotatable bonds is 2. The molecule has 0 saturated carbocycles. The minimum Gasteiger partial charge on any atom is -0.268 e. The first-order valence-corrected chi connectivity index (χ1v) is 5.37. The molecular formula is C12H13ClN2. The Labute approximate surface area is 94.5 Å². The molecule has 2 aromatic rings. The summed E-state index contributed by atoms with van der Waals surface area (Å²) in [6.07, 6.45) is 2.80. The molecule has 3 heteroatoms. The zero-order chi connectivity index (χ0) is 10.8. The van der Waals surface area contributed by atoms with Gasteiger partial charge in [-0.05, 0) is 30.2 Å². The van der Waals surface area contributed by atoms with Gasteiger partial charge in [-0.3, -0.25) is 4.68 Å². The molecule has 2 nitrogen and oxygen atoms in total. The summed E-state index contributed by atoms with van der Waals surface area (Å²) >= 11 is 6.01. The lowest BCUT2D eigenvalue weighted by Gasteiger charge is -2.08. The smallest absolute Gasteiger partial charge is 0.0682 e. The van der Waals surface area contributed by atoms with Crippen LogP contribution < -0.4 is 0 Å². The Morgan fingerprint density at radius 1 is 1.33 bits per heavy atom. The van der Waals surface area contributed by atoms with Gasteiger partial charge < -0.3 is 0 Å².